The maximum atomic E-state index is 14.5. The van der Waals surface area contributed by atoms with Gasteiger partial charge >= 0.3 is 5.97 Å². The lowest BCUT2D eigenvalue weighted by atomic mass is 9.62. The number of ether oxygens (including phenoxy) is 2. The molecule has 5 nitrogen and oxygen atoms in total. The second kappa shape index (κ2) is 8.65. The van der Waals surface area contributed by atoms with Crippen molar-refractivity contribution in [3.05, 3.63) is 101 Å². The summed E-state index contributed by atoms with van der Waals surface area (Å²) in [5, 5.41) is 3.57. The van der Waals surface area contributed by atoms with Crippen molar-refractivity contribution in [1.82, 2.24) is 5.32 Å². The zero-order chi connectivity index (χ0) is 24.8. The van der Waals surface area contributed by atoms with Crippen LogP contribution in [0.1, 0.15) is 59.8 Å². The lowest BCUT2D eigenvalue weighted by Gasteiger charge is -2.42. The van der Waals surface area contributed by atoms with Gasteiger partial charge in [-0.05, 0) is 56.5 Å². The maximum Gasteiger partial charge on any atom is 0.324 e. The van der Waals surface area contributed by atoms with Crippen LogP contribution in [0.15, 0.2) is 78.9 Å². The number of hydrogen-bond donors (Lipinski definition) is 1. The molecule has 0 unspecified atom stereocenters. The number of fused-ring (bicyclic) bond motifs is 1. The molecule has 0 amide bonds. The van der Waals surface area contributed by atoms with E-state index in [2.05, 4.69) is 5.32 Å². The zero-order valence-corrected chi connectivity index (χ0v) is 20.6. The predicted octanol–water partition coefficient (Wildman–Crippen LogP) is 5.40. The molecule has 3 aromatic carbocycles. The van der Waals surface area contributed by atoms with Gasteiger partial charge in [-0.2, -0.15) is 0 Å². The third-order valence-electron chi connectivity index (χ3n) is 7.09. The van der Waals surface area contributed by atoms with E-state index in [1.54, 1.807) is 0 Å². The van der Waals surface area contributed by atoms with Gasteiger partial charge in [0.05, 0.1) is 17.0 Å². The summed E-state index contributed by atoms with van der Waals surface area (Å²) < 4.78 is 12.2. The number of carbonyl (C=O) groups is 2. The van der Waals surface area contributed by atoms with Crippen LogP contribution < -0.4 is 10.1 Å². The number of para-hydroxylation sites is 1. The molecule has 0 aliphatic carbocycles. The molecule has 5 rings (SSSR count). The molecule has 180 valence electrons. The highest BCUT2D eigenvalue weighted by Gasteiger charge is 2.64. The summed E-state index contributed by atoms with van der Waals surface area (Å²) in [6.07, 6.45) is 0. The third kappa shape index (κ3) is 3.94. The van der Waals surface area contributed by atoms with Gasteiger partial charge in [-0.15, -0.1) is 0 Å². The molecule has 3 aromatic rings. The van der Waals surface area contributed by atoms with Gasteiger partial charge in [0.25, 0.3) is 0 Å². The van der Waals surface area contributed by atoms with Crippen molar-refractivity contribution in [2.45, 2.75) is 51.3 Å². The van der Waals surface area contributed by atoms with E-state index in [0.29, 0.717) is 11.3 Å². The van der Waals surface area contributed by atoms with Crippen LogP contribution in [0.2, 0.25) is 0 Å². The smallest absolute Gasteiger partial charge is 0.324 e. The van der Waals surface area contributed by atoms with Gasteiger partial charge in [0.1, 0.15) is 24.0 Å². The summed E-state index contributed by atoms with van der Waals surface area (Å²) in [4.78, 5) is 28.1. The summed E-state index contributed by atoms with van der Waals surface area (Å²) in [5.41, 5.74) is 1.79. The highest BCUT2D eigenvalue weighted by Crippen LogP contribution is 2.57. The molecule has 1 saturated heterocycles. The fraction of sp³-hybridized carbons (Fsp3) is 0.333. The van der Waals surface area contributed by atoms with Crippen molar-refractivity contribution in [1.29, 1.82) is 0 Å². The summed E-state index contributed by atoms with van der Waals surface area (Å²) in [6.45, 7) is 7.77. The van der Waals surface area contributed by atoms with E-state index >= 15 is 0 Å². The largest absolute Gasteiger partial charge is 0.492 e. The number of hydrogen-bond acceptors (Lipinski definition) is 5. The van der Waals surface area contributed by atoms with E-state index in [1.165, 1.54) is 0 Å². The first-order chi connectivity index (χ1) is 16.7. The van der Waals surface area contributed by atoms with Gasteiger partial charge in [-0.3, -0.25) is 14.9 Å². The van der Waals surface area contributed by atoms with E-state index in [1.807, 2.05) is 107 Å². The van der Waals surface area contributed by atoms with Crippen molar-refractivity contribution < 1.29 is 19.1 Å². The standard InChI is InChI=1S/C30H31NO4/c1-19-12-8-9-15-21(19)26-30(18-34-23-17-11-10-16-22(23)27(30)32)24(20-13-6-5-7-14-20)25(31-26)28(33)35-29(2,3)4/h5-17,24-26,31H,18H2,1-4H3/t24-,25+,26+,30+/m1/s1. The number of nitrogens with one attached hydrogen (secondary N) is 1. The monoisotopic (exact) mass is 469 g/mol. The van der Waals surface area contributed by atoms with Crippen LogP contribution in [0.3, 0.4) is 0 Å². The van der Waals surface area contributed by atoms with Crippen molar-refractivity contribution >= 4 is 11.8 Å². The van der Waals surface area contributed by atoms with Gasteiger partial charge in [0, 0.05) is 5.92 Å². The number of benzene rings is 3. The van der Waals surface area contributed by atoms with Gasteiger partial charge in [0.2, 0.25) is 0 Å². The number of rotatable bonds is 3. The summed E-state index contributed by atoms with van der Waals surface area (Å²) in [7, 11) is 0. The molecule has 35 heavy (non-hydrogen) atoms. The minimum Gasteiger partial charge on any atom is -0.492 e. The summed E-state index contributed by atoms with van der Waals surface area (Å²) in [6, 6.07) is 24.0. The summed E-state index contributed by atoms with van der Waals surface area (Å²) >= 11 is 0. The highest BCUT2D eigenvalue weighted by atomic mass is 16.6. The highest BCUT2D eigenvalue weighted by molar-refractivity contribution is 6.06. The number of Topliss-reactive ketones (excluding diaryl/α,β-unsaturated/α-hetero) is 1. The number of carbonyl (C=O) groups excluding carboxylic acids is 2. The number of esters is 1. The lowest BCUT2D eigenvalue weighted by molar-refractivity contribution is -0.157. The van der Waals surface area contributed by atoms with Gasteiger partial charge in [-0.1, -0.05) is 66.7 Å². The van der Waals surface area contributed by atoms with Crippen LogP contribution in [-0.4, -0.2) is 30.0 Å². The van der Waals surface area contributed by atoms with Crippen molar-refractivity contribution in [3.8, 4) is 5.75 Å². The maximum absolute atomic E-state index is 14.5. The van der Waals surface area contributed by atoms with Crippen LogP contribution in [0.4, 0.5) is 0 Å². The molecule has 1 N–H and O–H groups in total. The van der Waals surface area contributed by atoms with Crippen LogP contribution in [-0.2, 0) is 9.53 Å². The molecule has 0 radical (unpaired) electrons. The quantitative estimate of drug-likeness (QED) is 0.521. The molecule has 1 fully saturated rings. The third-order valence-corrected chi connectivity index (χ3v) is 7.09. The molecule has 0 aromatic heterocycles. The first kappa shape index (κ1) is 23.3. The van der Waals surface area contributed by atoms with Crippen LogP contribution in [0.5, 0.6) is 5.75 Å². The van der Waals surface area contributed by atoms with Gasteiger partial charge < -0.3 is 9.47 Å². The average molecular weight is 470 g/mol. The van der Waals surface area contributed by atoms with E-state index < -0.39 is 29.0 Å². The fourth-order valence-corrected chi connectivity index (χ4v) is 5.64. The predicted molar refractivity (Wildman–Crippen MR) is 135 cm³/mol. The number of aryl methyl sites for hydroxylation is 1. The normalized spacial score (nSPS) is 25.7. The number of ketones is 1. The molecule has 2 aliphatic rings. The van der Waals surface area contributed by atoms with Crippen LogP contribution >= 0.6 is 0 Å². The van der Waals surface area contributed by atoms with Gasteiger partial charge in [0.15, 0.2) is 5.78 Å². The van der Waals surface area contributed by atoms with Crippen LogP contribution in [0, 0.1) is 12.3 Å². The molecular weight excluding hydrogens is 438 g/mol. The minimum atomic E-state index is -1.04. The van der Waals surface area contributed by atoms with Crippen molar-refractivity contribution in [3.63, 3.8) is 0 Å². The van der Waals surface area contributed by atoms with Crippen molar-refractivity contribution in [2.24, 2.45) is 5.41 Å². The molecule has 1 spiro atoms. The molecule has 2 heterocycles. The molecule has 5 heteroatoms. The summed E-state index contributed by atoms with van der Waals surface area (Å²) in [5.74, 6) is -0.281. The zero-order valence-electron chi connectivity index (χ0n) is 20.6. The Hall–Kier alpha value is -3.44. The molecule has 2 aliphatic heterocycles. The Bertz CT molecular complexity index is 1260. The van der Waals surface area contributed by atoms with Crippen LogP contribution in [0.25, 0.3) is 0 Å². The van der Waals surface area contributed by atoms with Gasteiger partial charge in [-0.25, -0.2) is 0 Å². The molecule has 0 bridgehead atoms. The lowest BCUT2D eigenvalue weighted by Crippen LogP contribution is -2.48. The Morgan fingerprint density at radius 1 is 0.971 bits per heavy atom. The Balaban J connectivity index is 1.74. The second-order valence-corrected chi connectivity index (χ2v) is 10.5. The Morgan fingerprint density at radius 3 is 2.34 bits per heavy atom. The average Bonchev–Trinajstić information content (AvgIpc) is 3.17. The van der Waals surface area contributed by atoms with E-state index in [4.69, 9.17) is 9.47 Å². The fourth-order valence-electron chi connectivity index (χ4n) is 5.64. The molecule has 0 saturated carbocycles. The van der Waals surface area contributed by atoms with E-state index in [0.717, 1.165) is 16.7 Å². The minimum absolute atomic E-state index is 0.0139. The molecule has 4 atom stereocenters. The topological polar surface area (TPSA) is 64.6 Å². The molecular formula is C30H31NO4. The first-order valence-corrected chi connectivity index (χ1v) is 12.1. The van der Waals surface area contributed by atoms with Crippen molar-refractivity contribution in [2.75, 3.05) is 6.61 Å². The second-order valence-electron chi connectivity index (χ2n) is 10.5. The Morgan fingerprint density at radius 2 is 1.63 bits per heavy atom. The Labute approximate surface area is 206 Å². The van der Waals surface area contributed by atoms with E-state index in [-0.39, 0.29) is 18.4 Å². The first-order valence-electron chi connectivity index (χ1n) is 12.1. The SMILES string of the molecule is Cc1ccccc1[C@@H]1N[C@H](C(=O)OC(C)(C)C)[C@@H](c2ccccc2)[C@@]12COc1ccccc1C2=O. The van der Waals surface area contributed by atoms with E-state index in [9.17, 15) is 9.59 Å². The Kier molecular flexibility index (Phi) is 5.76.